The van der Waals surface area contributed by atoms with E-state index in [1.54, 1.807) is 41.4 Å². The summed E-state index contributed by atoms with van der Waals surface area (Å²) in [5.41, 5.74) is 3.86. The van der Waals surface area contributed by atoms with Gasteiger partial charge in [0.25, 0.3) is 0 Å². The first-order valence-electron chi connectivity index (χ1n) is 9.65. The molecule has 0 unspecified atom stereocenters. The lowest BCUT2D eigenvalue weighted by molar-refractivity contribution is -0.138. The van der Waals surface area contributed by atoms with E-state index < -0.39 is 12.0 Å². The van der Waals surface area contributed by atoms with Crippen molar-refractivity contribution in [1.82, 2.24) is 20.3 Å². The van der Waals surface area contributed by atoms with Crippen LogP contribution in [-0.4, -0.2) is 57.7 Å². The van der Waals surface area contributed by atoms with Gasteiger partial charge in [0.2, 0.25) is 0 Å². The fourth-order valence-corrected chi connectivity index (χ4v) is 3.22. The summed E-state index contributed by atoms with van der Waals surface area (Å²) >= 11 is 0. The van der Waals surface area contributed by atoms with Crippen LogP contribution in [0.3, 0.4) is 0 Å². The zero-order chi connectivity index (χ0) is 20.6. The average molecular weight is 399 g/mol. The molecule has 1 aliphatic heterocycles. The lowest BCUT2D eigenvalue weighted by atomic mass is 10.1. The molecule has 154 valence electrons. The highest BCUT2D eigenvalue weighted by Crippen LogP contribution is 2.19. The van der Waals surface area contributed by atoms with Crippen LogP contribution in [0.1, 0.15) is 25.3 Å². The lowest BCUT2D eigenvalue weighted by Gasteiger charge is -2.30. The Morgan fingerprint density at radius 3 is 2.55 bits per heavy atom. The van der Waals surface area contributed by atoms with Crippen LogP contribution in [0, 0.1) is 0 Å². The Morgan fingerprint density at radius 2 is 1.97 bits per heavy atom. The Labute approximate surface area is 169 Å². The summed E-state index contributed by atoms with van der Waals surface area (Å²) in [6, 6.07) is 7.69. The molecular weight excluding hydrogens is 374 g/mol. The van der Waals surface area contributed by atoms with E-state index in [4.69, 9.17) is 4.74 Å². The zero-order valence-electron chi connectivity index (χ0n) is 16.3. The van der Waals surface area contributed by atoms with Gasteiger partial charge in [0.05, 0.1) is 0 Å². The first kappa shape index (κ1) is 20.5. The van der Waals surface area contributed by atoms with Gasteiger partial charge in [-0.15, -0.1) is 0 Å². The predicted octanol–water partition coefficient (Wildman–Crippen LogP) is 2.10. The second kappa shape index (κ2) is 9.83. The number of carboxylic acids is 1. The third kappa shape index (κ3) is 5.41. The Bertz CT molecular complexity index is 809. The van der Waals surface area contributed by atoms with Gasteiger partial charge in [-0.3, -0.25) is 5.01 Å². The molecule has 0 spiro atoms. The minimum absolute atomic E-state index is 0.243. The van der Waals surface area contributed by atoms with Crippen molar-refractivity contribution in [1.29, 1.82) is 0 Å². The molecule has 1 amide bonds. The molecule has 9 heteroatoms. The van der Waals surface area contributed by atoms with E-state index in [9.17, 15) is 14.7 Å². The highest BCUT2D eigenvalue weighted by Gasteiger charge is 2.27. The van der Waals surface area contributed by atoms with Crippen LogP contribution in [0.4, 0.5) is 10.6 Å². The molecule has 1 atom stereocenters. The van der Waals surface area contributed by atoms with Crippen molar-refractivity contribution in [3.63, 3.8) is 0 Å². The number of aliphatic carboxylic acids is 1. The molecule has 0 saturated carbocycles. The monoisotopic (exact) mass is 399 g/mol. The summed E-state index contributed by atoms with van der Waals surface area (Å²) in [5.74, 6) is -0.0589. The standard InChI is InChI=1S/C20H25N5O4/c1-2-23-25(18-9-10-21-14-22-18)17(19(26)27)13-15-5-7-16(8-6-15)29-20(28)24-11-3-4-12-24/h5-10,14,17,23H,2-4,11-13H2,1H3,(H,26,27)/t17-/m0/s1. The molecule has 2 heterocycles. The number of carboxylic acid groups (broad SMARTS) is 1. The first-order chi connectivity index (χ1) is 14.1. The number of nitrogens with zero attached hydrogens (tertiary/aromatic N) is 4. The maximum Gasteiger partial charge on any atom is 0.415 e. The number of ether oxygens (including phenoxy) is 1. The number of benzene rings is 1. The molecule has 2 N–H and O–H groups in total. The SMILES string of the molecule is CCNN(c1ccncn1)[C@@H](Cc1ccc(OC(=O)N2CCCC2)cc1)C(=O)O. The molecule has 9 nitrogen and oxygen atoms in total. The number of carbonyl (C=O) groups excluding carboxylic acids is 1. The van der Waals surface area contributed by atoms with Gasteiger partial charge in [-0.2, -0.15) is 0 Å². The molecule has 1 aromatic carbocycles. The van der Waals surface area contributed by atoms with Crippen LogP contribution in [0.2, 0.25) is 0 Å². The van der Waals surface area contributed by atoms with Crippen molar-refractivity contribution in [2.45, 2.75) is 32.2 Å². The number of aromatic nitrogens is 2. The maximum atomic E-state index is 12.1. The molecular formula is C20H25N5O4. The van der Waals surface area contributed by atoms with Crippen LogP contribution >= 0.6 is 0 Å². The Morgan fingerprint density at radius 1 is 1.24 bits per heavy atom. The van der Waals surface area contributed by atoms with E-state index in [1.807, 2.05) is 6.92 Å². The van der Waals surface area contributed by atoms with Crippen molar-refractivity contribution >= 4 is 17.9 Å². The third-order valence-corrected chi connectivity index (χ3v) is 4.66. The number of carbonyl (C=O) groups is 2. The van der Waals surface area contributed by atoms with Crippen LogP contribution in [0.15, 0.2) is 42.9 Å². The summed E-state index contributed by atoms with van der Waals surface area (Å²) in [6.07, 6.45) is 4.84. The molecule has 29 heavy (non-hydrogen) atoms. The van der Waals surface area contributed by atoms with E-state index in [2.05, 4.69) is 15.4 Å². The highest BCUT2D eigenvalue weighted by molar-refractivity contribution is 5.78. The van der Waals surface area contributed by atoms with E-state index in [0.29, 0.717) is 18.1 Å². The van der Waals surface area contributed by atoms with E-state index in [-0.39, 0.29) is 12.5 Å². The molecule has 1 aliphatic rings. The Balaban J connectivity index is 1.69. The largest absolute Gasteiger partial charge is 0.480 e. The van der Waals surface area contributed by atoms with E-state index in [1.165, 1.54) is 11.3 Å². The number of hydrazine groups is 1. The van der Waals surface area contributed by atoms with Gasteiger partial charge in [0, 0.05) is 38.3 Å². The molecule has 3 rings (SSSR count). The summed E-state index contributed by atoms with van der Waals surface area (Å²) in [4.78, 5) is 33.8. The maximum absolute atomic E-state index is 12.1. The number of nitrogens with one attached hydrogen (secondary N) is 1. The van der Waals surface area contributed by atoms with E-state index >= 15 is 0 Å². The third-order valence-electron chi connectivity index (χ3n) is 4.66. The van der Waals surface area contributed by atoms with Crippen molar-refractivity contribution in [2.75, 3.05) is 24.6 Å². The highest BCUT2D eigenvalue weighted by atomic mass is 16.6. The fourth-order valence-electron chi connectivity index (χ4n) is 3.22. The van der Waals surface area contributed by atoms with Gasteiger partial charge in [0.15, 0.2) is 0 Å². The van der Waals surface area contributed by atoms with Crippen molar-refractivity contribution in [2.24, 2.45) is 0 Å². The average Bonchev–Trinajstić information content (AvgIpc) is 3.27. The van der Waals surface area contributed by atoms with Crippen molar-refractivity contribution in [3.8, 4) is 5.75 Å². The fraction of sp³-hybridized carbons (Fsp3) is 0.400. The minimum atomic E-state index is -0.978. The summed E-state index contributed by atoms with van der Waals surface area (Å²) in [6.45, 7) is 3.87. The molecule has 1 saturated heterocycles. The van der Waals surface area contributed by atoms with Gasteiger partial charge in [-0.05, 0) is 30.5 Å². The van der Waals surface area contributed by atoms with Crippen molar-refractivity contribution in [3.05, 3.63) is 48.4 Å². The number of rotatable bonds is 8. The summed E-state index contributed by atoms with van der Waals surface area (Å²) in [5, 5.41) is 11.3. The minimum Gasteiger partial charge on any atom is -0.480 e. The molecule has 2 aromatic rings. The van der Waals surface area contributed by atoms with Crippen LogP contribution < -0.4 is 15.2 Å². The molecule has 0 radical (unpaired) electrons. The van der Waals surface area contributed by atoms with Crippen LogP contribution in [0.5, 0.6) is 5.75 Å². The predicted molar refractivity (Wildman–Crippen MR) is 107 cm³/mol. The van der Waals surface area contributed by atoms with Crippen LogP contribution in [0.25, 0.3) is 0 Å². The molecule has 1 aromatic heterocycles. The molecule has 0 aliphatic carbocycles. The number of likely N-dealkylation sites (tertiary alicyclic amines) is 1. The Hall–Kier alpha value is -3.20. The first-order valence-corrected chi connectivity index (χ1v) is 9.65. The van der Waals surface area contributed by atoms with Crippen LogP contribution in [-0.2, 0) is 11.2 Å². The quantitative estimate of drug-likeness (QED) is 0.650. The summed E-state index contributed by atoms with van der Waals surface area (Å²) < 4.78 is 5.39. The second-order valence-electron chi connectivity index (χ2n) is 6.71. The number of amides is 1. The Kier molecular flexibility index (Phi) is 6.96. The van der Waals surface area contributed by atoms with Crippen molar-refractivity contribution < 1.29 is 19.4 Å². The van der Waals surface area contributed by atoms with Gasteiger partial charge in [0.1, 0.15) is 23.9 Å². The van der Waals surface area contributed by atoms with Gasteiger partial charge in [-0.25, -0.2) is 25.0 Å². The van der Waals surface area contributed by atoms with Gasteiger partial charge >= 0.3 is 12.1 Å². The lowest BCUT2D eigenvalue weighted by Crippen LogP contribution is -2.51. The number of anilines is 1. The van der Waals surface area contributed by atoms with E-state index in [0.717, 1.165) is 31.5 Å². The number of hydrogen-bond donors (Lipinski definition) is 2. The number of hydrogen-bond acceptors (Lipinski definition) is 7. The molecule has 0 bridgehead atoms. The summed E-state index contributed by atoms with van der Waals surface area (Å²) in [7, 11) is 0. The smallest absolute Gasteiger partial charge is 0.415 e. The normalized spacial score (nSPS) is 14.4. The van der Waals surface area contributed by atoms with Gasteiger partial charge < -0.3 is 14.7 Å². The molecule has 1 fully saturated rings. The zero-order valence-corrected chi connectivity index (χ0v) is 16.3. The second-order valence-corrected chi connectivity index (χ2v) is 6.71. The topological polar surface area (TPSA) is 108 Å². The van der Waals surface area contributed by atoms with Gasteiger partial charge in [-0.1, -0.05) is 19.1 Å².